The number of halogens is 1. The zero-order chi connectivity index (χ0) is 17.6. The molecule has 0 unspecified atom stereocenters. The standard InChI is InChI=1S/C18H21ClN4O2/c1-2-25-18(24)14-5-6-16(21-12-14)23-10-8-22(9-11-23)13-15-4-3-7-20-17(15)19/h3-7,12H,2,8-11,13H2,1H3. The maximum absolute atomic E-state index is 11.7. The van der Waals surface area contributed by atoms with Crippen molar-refractivity contribution in [2.75, 3.05) is 37.7 Å². The lowest BCUT2D eigenvalue weighted by Gasteiger charge is -2.35. The lowest BCUT2D eigenvalue weighted by molar-refractivity contribution is 0.0526. The molecule has 0 spiro atoms. The Morgan fingerprint density at radius 3 is 2.64 bits per heavy atom. The van der Waals surface area contributed by atoms with E-state index < -0.39 is 0 Å². The van der Waals surface area contributed by atoms with Gasteiger partial charge >= 0.3 is 5.97 Å². The number of anilines is 1. The molecule has 0 bridgehead atoms. The van der Waals surface area contributed by atoms with Crippen LogP contribution in [0.5, 0.6) is 0 Å². The summed E-state index contributed by atoms with van der Waals surface area (Å²) in [5.74, 6) is 0.548. The molecule has 3 heterocycles. The van der Waals surface area contributed by atoms with Gasteiger partial charge in [-0.15, -0.1) is 0 Å². The monoisotopic (exact) mass is 360 g/mol. The zero-order valence-corrected chi connectivity index (χ0v) is 14.9. The molecule has 1 saturated heterocycles. The van der Waals surface area contributed by atoms with E-state index >= 15 is 0 Å². The zero-order valence-electron chi connectivity index (χ0n) is 14.2. The molecule has 0 saturated carbocycles. The van der Waals surface area contributed by atoms with Crippen LogP contribution < -0.4 is 4.90 Å². The molecule has 1 aliphatic rings. The van der Waals surface area contributed by atoms with Crippen LogP contribution in [0.2, 0.25) is 5.15 Å². The number of hydrogen-bond acceptors (Lipinski definition) is 6. The molecule has 2 aromatic heterocycles. The van der Waals surface area contributed by atoms with Crippen molar-refractivity contribution < 1.29 is 9.53 Å². The van der Waals surface area contributed by atoms with E-state index in [0.717, 1.165) is 44.1 Å². The molecular formula is C18H21ClN4O2. The van der Waals surface area contributed by atoms with Crippen LogP contribution >= 0.6 is 11.6 Å². The molecule has 2 aromatic rings. The first-order valence-electron chi connectivity index (χ1n) is 8.37. The van der Waals surface area contributed by atoms with Gasteiger partial charge in [0.25, 0.3) is 0 Å². The average Bonchev–Trinajstić information content (AvgIpc) is 2.65. The lowest BCUT2D eigenvalue weighted by atomic mass is 10.2. The Kier molecular flexibility index (Phi) is 5.83. The van der Waals surface area contributed by atoms with Gasteiger partial charge in [-0.25, -0.2) is 14.8 Å². The number of nitrogens with zero attached hydrogens (tertiary/aromatic N) is 4. The van der Waals surface area contributed by atoms with E-state index in [1.165, 1.54) is 0 Å². The van der Waals surface area contributed by atoms with Gasteiger partial charge in [0.15, 0.2) is 0 Å². The second kappa shape index (κ2) is 8.27. The average molecular weight is 361 g/mol. The predicted octanol–water partition coefficient (Wildman–Crippen LogP) is 2.63. The summed E-state index contributed by atoms with van der Waals surface area (Å²) in [7, 11) is 0. The summed E-state index contributed by atoms with van der Waals surface area (Å²) in [6.45, 7) is 6.56. The number of carbonyl (C=O) groups excluding carboxylic acids is 1. The predicted molar refractivity (Wildman–Crippen MR) is 96.9 cm³/mol. The summed E-state index contributed by atoms with van der Waals surface area (Å²) < 4.78 is 4.98. The minimum Gasteiger partial charge on any atom is -0.462 e. The second-order valence-corrected chi connectivity index (χ2v) is 6.20. The Labute approximate surface area is 152 Å². The number of carbonyl (C=O) groups is 1. The number of rotatable bonds is 5. The number of esters is 1. The molecule has 0 aliphatic carbocycles. The quantitative estimate of drug-likeness (QED) is 0.603. The van der Waals surface area contributed by atoms with E-state index in [4.69, 9.17) is 16.3 Å². The molecule has 0 radical (unpaired) electrons. The first kappa shape index (κ1) is 17.6. The number of pyridine rings is 2. The van der Waals surface area contributed by atoms with Gasteiger partial charge in [-0.05, 0) is 25.1 Å². The minimum absolute atomic E-state index is 0.334. The van der Waals surface area contributed by atoms with E-state index in [1.54, 1.807) is 25.4 Å². The van der Waals surface area contributed by atoms with E-state index in [1.807, 2.05) is 18.2 Å². The van der Waals surface area contributed by atoms with Crippen LogP contribution in [0.1, 0.15) is 22.8 Å². The summed E-state index contributed by atoms with van der Waals surface area (Å²) in [4.78, 5) is 24.8. The molecule has 1 fully saturated rings. The van der Waals surface area contributed by atoms with Crippen LogP contribution in [0.25, 0.3) is 0 Å². The number of piperazine rings is 1. The Hall–Kier alpha value is -2.18. The van der Waals surface area contributed by atoms with Crippen LogP contribution in [0, 0.1) is 0 Å². The van der Waals surface area contributed by atoms with E-state index in [-0.39, 0.29) is 5.97 Å². The van der Waals surface area contributed by atoms with E-state index in [2.05, 4.69) is 19.8 Å². The van der Waals surface area contributed by atoms with Crippen molar-refractivity contribution >= 4 is 23.4 Å². The highest BCUT2D eigenvalue weighted by atomic mass is 35.5. The van der Waals surface area contributed by atoms with Crippen molar-refractivity contribution in [2.45, 2.75) is 13.5 Å². The van der Waals surface area contributed by atoms with E-state index in [0.29, 0.717) is 17.3 Å². The van der Waals surface area contributed by atoms with Gasteiger partial charge in [0.1, 0.15) is 11.0 Å². The molecule has 0 N–H and O–H groups in total. The number of hydrogen-bond donors (Lipinski definition) is 0. The number of aromatic nitrogens is 2. The first-order valence-corrected chi connectivity index (χ1v) is 8.75. The molecule has 0 aromatic carbocycles. The van der Waals surface area contributed by atoms with Crippen molar-refractivity contribution in [3.63, 3.8) is 0 Å². The van der Waals surface area contributed by atoms with Gasteiger partial charge in [-0.3, -0.25) is 4.90 Å². The SMILES string of the molecule is CCOC(=O)c1ccc(N2CCN(Cc3cccnc3Cl)CC2)nc1. The summed E-state index contributed by atoms with van der Waals surface area (Å²) in [6.07, 6.45) is 3.28. The van der Waals surface area contributed by atoms with Crippen LogP contribution in [-0.2, 0) is 11.3 Å². The largest absolute Gasteiger partial charge is 0.462 e. The fraction of sp³-hybridized carbons (Fsp3) is 0.389. The fourth-order valence-electron chi connectivity index (χ4n) is 2.82. The highest BCUT2D eigenvalue weighted by Gasteiger charge is 2.19. The molecule has 1 aliphatic heterocycles. The lowest BCUT2D eigenvalue weighted by Crippen LogP contribution is -2.46. The smallest absolute Gasteiger partial charge is 0.339 e. The first-order chi connectivity index (χ1) is 12.2. The molecule has 132 valence electrons. The van der Waals surface area contributed by atoms with Gasteiger partial charge in [-0.2, -0.15) is 0 Å². The molecule has 6 nitrogen and oxygen atoms in total. The summed E-state index contributed by atoms with van der Waals surface area (Å²) in [5, 5.41) is 0.571. The van der Waals surface area contributed by atoms with Gasteiger partial charge < -0.3 is 9.64 Å². The third-order valence-corrected chi connectivity index (χ3v) is 4.53. The van der Waals surface area contributed by atoms with Gasteiger partial charge in [-0.1, -0.05) is 17.7 Å². The molecule has 25 heavy (non-hydrogen) atoms. The van der Waals surface area contributed by atoms with Crippen LogP contribution in [0.3, 0.4) is 0 Å². The van der Waals surface area contributed by atoms with E-state index in [9.17, 15) is 4.79 Å². The molecule has 7 heteroatoms. The van der Waals surface area contributed by atoms with Crippen molar-refractivity contribution in [1.29, 1.82) is 0 Å². The topological polar surface area (TPSA) is 58.6 Å². The molecule has 0 atom stereocenters. The summed E-state index contributed by atoms with van der Waals surface area (Å²) >= 11 is 6.13. The highest BCUT2D eigenvalue weighted by molar-refractivity contribution is 6.30. The fourth-order valence-corrected chi connectivity index (χ4v) is 3.00. The van der Waals surface area contributed by atoms with Gasteiger partial charge in [0.05, 0.1) is 12.2 Å². The molecular weight excluding hydrogens is 340 g/mol. The van der Waals surface area contributed by atoms with Gasteiger partial charge in [0, 0.05) is 50.7 Å². The maximum atomic E-state index is 11.7. The Morgan fingerprint density at radius 2 is 2.00 bits per heavy atom. The Morgan fingerprint density at radius 1 is 1.20 bits per heavy atom. The summed E-state index contributed by atoms with van der Waals surface area (Å²) in [6, 6.07) is 7.56. The third-order valence-electron chi connectivity index (χ3n) is 4.19. The summed E-state index contributed by atoms with van der Waals surface area (Å²) in [5.41, 5.74) is 1.53. The van der Waals surface area contributed by atoms with Crippen molar-refractivity contribution in [3.8, 4) is 0 Å². The highest BCUT2D eigenvalue weighted by Crippen LogP contribution is 2.18. The maximum Gasteiger partial charge on any atom is 0.339 e. The van der Waals surface area contributed by atoms with Crippen molar-refractivity contribution in [1.82, 2.24) is 14.9 Å². The normalized spacial score (nSPS) is 15.2. The van der Waals surface area contributed by atoms with Gasteiger partial charge in [0.2, 0.25) is 0 Å². The molecule has 3 rings (SSSR count). The van der Waals surface area contributed by atoms with Crippen molar-refractivity contribution in [3.05, 3.63) is 52.9 Å². The second-order valence-electron chi connectivity index (χ2n) is 5.84. The van der Waals surface area contributed by atoms with Crippen molar-refractivity contribution in [2.24, 2.45) is 0 Å². The Balaban J connectivity index is 1.55. The van der Waals surface area contributed by atoms with Crippen LogP contribution in [-0.4, -0.2) is 53.6 Å². The minimum atomic E-state index is -0.334. The van der Waals surface area contributed by atoms with Crippen LogP contribution in [0.15, 0.2) is 36.7 Å². The van der Waals surface area contributed by atoms with Crippen LogP contribution in [0.4, 0.5) is 5.82 Å². The Bertz CT molecular complexity index is 715. The third kappa shape index (κ3) is 4.46. The number of ether oxygens (including phenoxy) is 1. The molecule has 0 amide bonds.